The molecular formula is C5H7NP+. The zero-order valence-corrected chi connectivity index (χ0v) is 5.07. The number of hydrogen-bond donors (Lipinski definition) is 0. The largest absolute Gasteiger partial charge is 0.195 e. The predicted molar refractivity (Wildman–Crippen MR) is 31.7 cm³/mol. The number of rotatable bonds is 0. The Kier molecular flexibility index (Phi) is 1.38. The van der Waals surface area contributed by atoms with Crippen LogP contribution in [-0.2, 0) is 0 Å². The smallest absolute Gasteiger partial charge is 0.169 e. The van der Waals surface area contributed by atoms with Crippen LogP contribution in [0.25, 0.3) is 0 Å². The Bertz CT molecular complexity index is 138. The molecule has 0 aliphatic carbocycles. The van der Waals surface area contributed by atoms with E-state index in [1.54, 1.807) is 0 Å². The van der Waals surface area contributed by atoms with E-state index in [4.69, 9.17) is 0 Å². The van der Waals surface area contributed by atoms with Gasteiger partial charge in [-0.15, -0.1) is 0 Å². The summed E-state index contributed by atoms with van der Waals surface area (Å²) in [4.78, 5) is 0. The molecule has 0 aliphatic rings. The fraction of sp³-hybridized carbons (Fsp3) is 0. The molecule has 1 unspecified atom stereocenters. The molecule has 0 saturated heterocycles. The van der Waals surface area contributed by atoms with Crippen molar-refractivity contribution in [1.29, 1.82) is 0 Å². The summed E-state index contributed by atoms with van der Waals surface area (Å²) in [5, 5.41) is 0. The standard InChI is InChI=1S/C5H7NP/c7-6-4-2-1-3-5-6/h1-5H,7H2/q+1. The zero-order valence-electron chi connectivity index (χ0n) is 3.91. The maximum atomic E-state index is 2.55. The zero-order chi connectivity index (χ0) is 5.11. The van der Waals surface area contributed by atoms with Crippen molar-refractivity contribution in [1.82, 2.24) is 0 Å². The molecule has 36 valence electrons. The van der Waals surface area contributed by atoms with Crippen LogP contribution in [0.2, 0.25) is 0 Å². The molecule has 0 fully saturated rings. The minimum Gasteiger partial charge on any atom is -0.195 e. The number of aromatic nitrogens is 1. The van der Waals surface area contributed by atoms with Crippen molar-refractivity contribution in [2.75, 3.05) is 0 Å². The number of pyridine rings is 1. The summed E-state index contributed by atoms with van der Waals surface area (Å²) in [6.45, 7) is 0. The quantitative estimate of drug-likeness (QED) is 0.433. The fourth-order valence-corrected chi connectivity index (χ4v) is 0.611. The Morgan fingerprint density at radius 2 is 1.57 bits per heavy atom. The molecule has 0 aromatic carbocycles. The summed E-state index contributed by atoms with van der Waals surface area (Å²) in [5.74, 6) is 0. The lowest BCUT2D eigenvalue weighted by Crippen LogP contribution is -2.15. The molecule has 0 radical (unpaired) electrons. The minimum atomic E-state index is 1.92. The maximum absolute atomic E-state index is 2.55. The highest BCUT2D eigenvalue weighted by Crippen LogP contribution is 1.77. The third-order valence-electron chi connectivity index (χ3n) is 0.739. The van der Waals surface area contributed by atoms with Gasteiger partial charge in [-0.05, 0) is 0 Å². The summed E-state index contributed by atoms with van der Waals surface area (Å²) in [6, 6.07) is 5.94. The van der Waals surface area contributed by atoms with E-state index in [-0.39, 0.29) is 0 Å². The normalized spacial score (nSPS) is 8.71. The van der Waals surface area contributed by atoms with Crippen molar-refractivity contribution < 1.29 is 4.34 Å². The summed E-state index contributed by atoms with van der Waals surface area (Å²) < 4.78 is 1.92. The van der Waals surface area contributed by atoms with Gasteiger partial charge in [0, 0.05) is 12.1 Å². The highest BCUT2D eigenvalue weighted by molar-refractivity contribution is 7.07. The monoisotopic (exact) mass is 112 g/mol. The topological polar surface area (TPSA) is 3.88 Å². The number of nitrogens with zero attached hydrogens (tertiary/aromatic N) is 1. The highest BCUT2D eigenvalue weighted by Gasteiger charge is 1.79. The Labute approximate surface area is 45.2 Å². The van der Waals surface area contributed by atoms with Crippen molar-refractivity contribution in [2.45, 2.75) is 0 Å². The maximum Gasteiger partial charge on any atom is 0.169 e. The first-order valence-corrected chi connectivity index (χ1v) is 2.62. The van der Waals surface area contributed by atoms with Crippen LogP contribution in [0.1, 0.15) is 0 Å². The van der Waals surface area contributed by atoms with Gasteiger partial charge in [0.15, 0.2) is 21.8 Å². The van der Waals surface area contributed by atoms with Gasteiger partial charge in [0.1, 0.15) is 0 Å². The second-order valence-corrected chi connectivity index (χ2v) is 1.92. The van der Waals surface area contributed by atoms with Crippen LogP contribution in [0.4, 0.5) is 0 Å². The van der Waals surface area contributed by atoms with Gasteiger partial charge in [0.25, 0.3) is 0 Å². The molecule has 0 N–H and O–H groups in total. The SMILES string of the molecule is P[n+]1ccccc1. The van der Waals surface area contributed by atoms with E-state index in [9.17, 15) is 0 Å². The van der Waals surface area contributed by atoms with E-state index in [1.165, 1.54) is 0 Å². The molecule has 0 spiro atoms. The first-order chi connectivity index (χ1) is 3.39. The first-order valence-electron chi connectivity index (χ1n) is 2.11. The van der Waals surface area contributed by atoms with Crippen molar-refractivity contribution in [2.24, 2.45) is 0 Å². The molecule has 7 heavy (non-hydrogen) atoms. The van der Waals surface area contributed by atoms with E-state index in [0.717, 1.165) is 0 Å². The Morgan fingerprint density at radius 3 is 1.86 bits per heavy atom. The molecule has 1 aromatic heterocycles. The summed E-state index contributed by atoms with van der Waals surface area (Å²) >= 11 is 0. The van der Waals surface area contributed by atoms with E-state index in [1.807, 2.05) is 34.9 Å². The molecule has 1 nitrogen and oxygen atoms in total. The average molecular weight is 112 g/mol. The van der Waals surface area contributed by atoms with Gasteiger partial charge >= 0.3 is 0 Å². The van der Waals surface area contributed by atoms with Gasteiger partial charge < -0.3 is 0 Å². The van der Waals surface area contributed by atoms with Crippen LogP contribution in [0.3, 0.4) is 0 Å². The van der Waals surface area contributed by atoms with E-state index in [2.05, 4.69) is 9.39 Å². The van der Waals surface area contributed by atoms with E-state index < -0.39 is 0 Å². The van der Waals surface area contributed by atoms with Crippen LogP contribution in [0, 0.1) is 0 Å². The first kappa shape index (κ1) is 4.73. The van der Waals surface area contributed by atoms with Crippen LogP contribution in [-0.4, -0.2) is 0 Å². The highest BCUT2D eigenvalue weighted by atomic mass is 31.0. The van der Waals surface area contributed by atoms with Gasteiger partial charge in [-0.1, -0.05) is 6.07 Å². The van der Waals surface area contributed by atoms with E-state index in [0.29, 0.717) is 0 Å². The predicted octanol–water partition coefficient (Wildman–Crippen LogP) is 0.612. The third kappa shape index (κ3) is 1.24. The molecule has 0 aliphatic heterocycles. The van der Waals surface area contributed by atoms with Gasteiger partial charge in [0.05, 0.1) is 0 Å². The van der Waals surface area contributed by atoms with Crippen LogP contribution < -0.4 is 4.34 Å². The average Bonchev–Trinajstić information content (AvgIpc) is 1.69. The molecule has 0 bridgehead atoms. The molecule has 0 saturated carbocycles. The molecular weight excluding hydrogens is 105 g/mol. The van der Waals surface area contributed by atoms with Crippen molar-refractivity contribution in [3.8, 4) is 0 Å². The van der Waals surface area contributed by atoms with Crippen molar-refractivity contribution >= 4 is 9.39 Å². The van der Waals surface area contributed by atoms with Gasteiger partial charge in [0.2, 0.25) is 0 Å². The molecule has 1 heterocycles. The second kappa shape index (κ2) is 2.04. The summed E-state index contributed by atoms with van der Waals surface area (Å²) in [5.41, 5.74) is 0. The van der Waals surface area contributed by atoms with Gasteiger partial charge in [-0.25, -0.2) is 0 Å². The van der Waals surface area contributed by atoms with Crippen LogP contribution >= 0.6 is 9.39 Å². The molecule has 0 amide bonds. The molecule has 2 heteroatoms. The Hall–Kier alpha value is -0.420. The Morgan fingerprint density at radius 1 is 1.00 bits per heavy atom. The van der Waals surface area contributed by atoms with Crippen LogP contribution in [0.5, 0.6) is 0 Å². The van der Waals surface area contributed by atoms with Gasteiger partial charge in [-0.2, -0.15) is 4.34 Å². The van der Waals surface area contributed by atoms with Crippen LogP contribution in [0.15, 0.2) is 30.6 Å². The molecule has 1 atom stereocenters. The molecule has 1 rings (SSSR count). The fourth-order valence-electron chi connectivity index (χ4n) is 0.412. The van der Waals surface area contributed by atoms with Crippen molar-refractivity contribution in [3.63, 3.8) is 0 Å². The lowest BCUT2D eigenvalue weighted by Gasteiger charge is -1.77. The number of hydrogen-bond acceptors (Lipinski definition) is 0. The lowest BCUT2D eigenvalue weighted by atomic mass is 10.5. The second-order valence-electron chi connectivity index (χ2n) is 1.32. The minimum absolute atomic E-state index is 1.92. The molecule has 1 aromatic rings. The van der Waals surface area contributed by atoms with Gasteiger partial charge in [-0.3, -0.25) is 0 Å². The Balaban J connectivity index is 3.02. The lowest BCUT2D eigenvalue weighted by molar-refractivity contribution is -0.499. The third-order valence-corrected chi connectivity index (χ3v) is 1.08. The summed E-state index contributed by atoms with van der Waals surface area (Å²) in [7, 11) is 2.55. The van der Waals surface area contributed by atoms with E-state index >= 15 is 0 Å². The summed E-state index contributed by atoms with van der Waals surface area (Å²) in [6.07, 6.45) is 3.93. The van der Waals surface area contributed by atoms with Crippen molar-refractivity contribution in [3.05, 3.63) is 30.6 Å².